The first kappa shape index (κ1) is 24.2. The zero-order valence-corrected chi connectivity index (χ0v) is 18.9. The van der Waals surface area contributed by atoms with Crippen molar-refractivity contribution in [3.63, 3.8) is 0 Å². The smallest absolute Gasteiger partial charge is 0.251 e. The molecule has 2 rings (SSSR count). The maximum Gasteiger partial charge on any atom is 0.251 e. The number of ether oxygens (including phenoxy) is 2. The Morgan fingerprint density at radius 2 is 2.13 bits per heavy atom. The van der Waals surface area contributed by atoms with E-state index >= 15 is 0 Å². The number of hydrogen-bond acceptors (Lipinski definition) is 4. The van der Waals surface area contributed by atoms with Crippen molar-refractivity contribution in [3.8, 4) is 0 Å². The Kier molecular flexibility index (Phi) is 10.1. The van der Waals surface area contributed by atoms with Gasteiger partial charge >= 0.3 is 0 Å². The van der Waals surface area contributed by atoms with Crippen molar-refractivity contribution in [1.82, 2.24) is 16.0 Å². The quantitative estimate of drug-likeness (QED) is 0.309. The lowest BCUT2D eigenvalue weighted by Crippen LogP contribution is -2.40. The van der Waals surface area contributed by atoms with Gasteiger partial charge < -0.3 is 25.4 Å². The van der Waals surface area contributed by atoms with Gasteiger partial charge in [-0.05, 0) is 64.7 Å². The molecule has 0 aliphatic carbocycles. The van der Waals surface area contributed by atoms with E-state index in [4.69, 9.17) is 9.47 Å². The maximum absolute atomic E-state index is 12.4. The van der Waals surface area contributed by atoms with E-state index in [1.54, 1.807) is 0 Å². The molecule has 0 radical (unpaired) electrons. The fourth-order valence-corrected chi connectivity index (χ4v) is 3.11. The van der Waals surface area contributed by atoms with Crippen molar-refractivity contribution in [1.29, 1.82) is 0 Å². The van der Waals surface area contributed by atoms with Crippen molar-refractivity contribution in [2.75, 3.05) is 32.9 Å². The summed E-state index contributed by atoms with van der Waals surface area (Å²) in [6.07, 6.45) is 3.43. The van der Waals surface area contributed by atoms with Gasteiger partial charge in [0.2, 0.25) is 0 Å². The van der Waals surface area contributed by atoms with Crippen LogP contribution in [0.1, 0.15) is 62.9 Å². The summed E-state index contributed by atoms with van der Waals surface area (Å²) in [5.74, 6) is 0.697. The zero-order chi connectivity index (χ0) is 21.8. The van der Waals surface area contributed by atoms with Crippen molar-refractivity contribution >= 4 is 11.9 Å². The summed E-state index contributed by atoms with van der Waals surface area (Å²) in [4.78, 5) is 17.0. The third-order valence-electron chi connectivity index (χ3n) is 4.53. The lowest BCUT2D eigenvalue weighted by molar-refractivity contribution is 0.0168. The first-order valence-electron chi connectivity index (χ1n) is 11.0. The van der Waals surface area contributed by atoms with Gasteiger partial charge in [0.25, 0.3) is 5.91 Å². The van der Waals surface area contributed by atoms with Gasteiger partial charge in [-0.15, -0.1) is 0 Å². The SMILES string of the molecule is CCNC(=NCc1cccc(C(=O)NC(C)(C)C)c1)NCCCOCC1CCCO1. The molecule has 3 N–H and O–H groups in total. The molecule has 1 aliphatic rings. The van der Waals surface area contributed by atoms with Crippen LogP contribution in [0.15, 0.2) is 29.3 Å². The van der Waals surface area contributed by atoms with Crippen molar-refractivity contribution in [2.45, 2.75) is 65.1 Å². The number of aliphatic imine (C=N–C) groups is 1. The van der Waals surface area contributed by atoms with Gasteiger partial charge in [-0.3, -0.25) is 4.79 Å². The first-order chi connectivity index (χ1) is 14.4. The molecule has 1 aromatic carbocycles. The van der Waals surface area contributed by atoms with E-state index in [2.05, 4.69) is 20.9 Å². The Hall–Kier alpha value is -2.12. The molecule has 1 amide bonds. The molecule has 1 heterocycles. The predicted molar refractivity (Wildman–Crippen MR) is 121 cm³/mol. The molecule has 1 unspecified atom stereocenters. The molecule has 1 saturated heterocycles. The van der Waals surface area contributed by atoms with Gasteiger partial charge in [0.05, 0.1) is 19.3 Å². The molecule has 0 bridgehead atoms. The van der Waals surface area contributed by atoms with Crippen molar-refractivity contribution in [2.24, 2.45) is 4.99 Å². The Morgan fingerprint density at radius 1 is 1.30 bits per heavy atom. The average molecular weight is 419 g/mol. The fraction of sp³-hybridized carbons (Fsp3) is 0.652. The number of benzene rings is 1. The number of amides is 1. The third kappa shape index (κ3) is 9.59. The molecule has 0 saturated carbocycles. The Morgan fingerprint density at radius 3 is 2.83 bits per heavy atom. The second kappa shape index (κ2) is 12.5. The molecular weight excluding hydrogens is 380 g/mol. The molecule has 1 atom stereocenters. The van der Waals surface area contributed by atoms with Crippen LogP contribution in [0.3, 0.4) is 0 Å². The minimum absolute atomic E-state index is 0.0682. The van der Waals surface area contributed by atoms with Gasteiger partial charge in [-0.25, -0.2) is 4.99 Å². The van der Waals surface area contributed by atoms with E-state index in [1.165, 1.54) is 0 Å². The highest BCUT2D eigenvalue weighted by Crippen LogP contribution is 2.12. The number of carbonyl (C=O) groups is 1. The van der Waals surface area contributed by atoms with Crippen molar-refractivity contribution < 1.29 is 14.3 Å². The number of nitrogens with zero attached hydrogens (tertiary/aromatic N) is 1. The van der Waals surface area contributed by atoms with Crippen LogP contribution in [0.4, 0.5) is 0 Å². The summed E-state index contributed by atoms with van der Waals surface area (Å²) in [5, 5.41) is 9.58. The van der Waals surface area contributed by atoms with E-state index < -0.39 is 0 Å². The number of rotatable bonds is 10. The summed E-state index contributed by atoms with van der Waals surface area (Å²) in [5.41, 5.74) is 1.38. The van der Waals surface area contributed by atoms with Crippen LogP contribution in [0.5, 0.6) is 0 Å². The molecule has 168 valence electrons. The zero-order valence-electron chi connectivity index (χ0n) is 18.9. The van der Waals surface area contributed by atoms with E-state index in [9.17, 15) is 4.79 Å². The third-order valence-corrected chi connectivity index (χ3v) is 4.53. The van der Waals surface area contributed by atoms with Gasteiger partial charge in [-0.1, -0.05) is 12.1 Å². The molecule has 1 aromatic rings. The van der Waals surface area contributed by atoms with E-state index in [-0.39, 0.29) is 17.6 Å². The number of carbonyl (C=O) groups excluding carboxylic acids is 1. The van der Waals surface area contributed by atoms with E-state index in [0.29, 0.717) is 25.3 Å². The highest BCUT2D eigenvalue weighted by atomic mass is 16.5. The molecule has 30 heavy (non-hydrogen) atoms. The molecule has 7 heteroatoms. The van der Waals surface area contributed by atoms with Crippen LogP contribution < -0.4 is 16.0 Å². The molecule has 0 aromatic heterocycles. The van der Waals surface area contributed by atoms with E-state index in [1.807, 2.05) is 52.0 Å². The van der Waals surface area contributed by atoms with Crippen LogP contribution in [0.2, 0.25) is 0 Å². The van der Waals surface area contributed by atoms with Crippen molar-refractivity contribution in [3.05, 3.63) is 35.4 Å². The monoisotopic (exact) mass is 418 g/mol. The van der Waals surface area contributed by atoms with Crippen LogP contribution in [-0.2, 0) is 16.0 Å². The first-order valence-corrected chi connectivity index (χ1v) is 11.0. The maximum atomic E-state index is 12.4. The van der Waals surface area contributed by atoms with Crippen LogP contribution >= 0.6 is 0 Å². The minimum atomic E-state index is -0.263. The lowest BCUT2D eigenvalue weighted by atomic mass is 10.1. The van der Waals surface area contributed by atoms with E-state index in [0.717, 1.165) is 50.5 Å². The predicted octanol–water partition coefficient (Wildman–Crippen LogP) is 2.86. The Balaban J connectivity index is 1.77. The molecule has 0 spiro atoms. The molecule has 7 nitrogen and oxygen atoms in total. The molecule has 1 aliphatic heterocycles. The Bertz CT molecular complexity index is 679. The number of nitrogens with one attached hydrogen (secondary N) is 3. The number of hydrogen-bond donors (Lipinski definition) is 3. The number of guanidine groups is 1. The largest absolute Gasteiger partial charge is 0.379 e. The summed E-state index contributed by atoms with van der Waals surface area (Å²) in [7, 11) is 0. The second-order valence-corrected chi connectivity index (χ2v) is 8.59. The normalized spacial score (nSPS) is 17.1. The minimum Gasteiger partial charge on any atom is -0.379 e. The van der Waals surface area contributed by atoms with Crippen LogP contribution in [-0.4, -0.2) is 56.4 Å². The van der Waals surface area contributed by atoms with Crippen LogP contribution in [0.25, 0.3) is 0 Å². The summed E-state index contributed by atoms with van der Waals surface area (Å²) < 4.78 is 11.3. The molecular formula is C23H38N4O3. The summed E-state index contributed by atoms with van der Waals surface area (Å²) in [6.45, 7) is 12.3. The van der Waals surface area contributed by atoms with Crippen LogP contribution in [0, 0.1) is 0 Å². The summed E-state index contributed by atoms with van der Waals surface area (Å²) >= 11 is 0. The second-order valence-electron chi connectivity index (χ2n) is 8.59. The molecule has 1 fully saturated rings. The highest BCUT2D eigenvalue weighted by molar-refractivity contribution is 5.94. The van der Waals surface area contributed by atoms with Gasteiger partial charge in [-0.2, -0.15) is 0 Å². The highest BCUT2D eigenvalue weighted by Gasteiger charge is 2.16. The average Bonchev–Trinajstić information content (AvgIpc) is 3.21. The van der Waals surface area contributed by atoms with Gasteiger partial charge in [0.1, 0.15) is 0 Å². The fourth-order valence-electron chi connectivity index (χ4n) is 3.11. The van der Waals surface area contributed by atoms with Gasteiger partial charge in [0.15, 0.2) is 5.96 Å². The topological polar surface area (TPSA) is 84.0 Å². The van der Waals surface area contributed by atoms with Gasteiger partial charge in [0, 0.05) is 37.4 Å². The summed E-state index contributed by atoms with van der Waals surface area (Å²) in [6, 6.07) is 7.61. The lowest BCUT2D eigenvalue weighted by Gasteiger charge is -2.20. The Labute approximate surface area is 181 Å². The standard InChI is InChI=1S/C23H38N4O3/c1-5-24-22(25-12-8-13-29-17-20-11-7-14-30-20)26-16-18-9-6-10-19(15-18)21(28)27-23(2,3)4/h6,9-10,15,20H,5,7-8,11-14,16-17H2,1-4H3,(H,27,28)(H2,24,25,26).